The number of furan rings is 1. The number of amides is 1. The molecule has 134 valence electrons. The van der Waals surface area contributed by atoms with Crippen molar-refractivity contribution in [3.05, 3.63) is 51.8 Å². The van der Waals surface area contributed by atoms with Gasteiger partial charge in [0.2, 0.25) is 0 Å². The summed E-state index contributed by atoms with van der Waals surface area (Å²) in [7, 11) is 1.24. The van der Waals surface area contributed by atoms with Gasteiger partial charge in [-0.05, 0) is 42.5 Å². The minimum atomic E-state index is -0.566. The normalized spacial score (nSPS) is 15.5. The van der Waals surface area contributed by atoms with Crippen LogP contribution in [-0.4, -0.2) is 35.5 Å². The molecule has 0 atom stereocenters. The van der Waals surface area contributed by atoms with Crippen molar-refractivity contribution in [1.82, 2.24) is 10.2 Å². The number of methoxy groups -OCH3 is 1. The second kappa shape index (κ2) is 7.49. The molecule has 9 heteroatoms. The van der Waals surface area contributed by atoms with E-state index in [1.807, 2.05) is 0 Å². The second-order valence-electron chi connectivity index (χ2n) is 5.29. The average molecular weight is 411 g/mol. The van der Waals surface area contributed by atoms with E-state index in [0.29, 0.717) is 21.6 Å². The Morgan fingerprint density at radius 2 is 2.08 bits per heavy atom. The van der Waals surface area contributed by atoms with Gasteiger partial charge in [0, 0.05) is 11.6 Å². The molecule has 1 aliphatic heterocycles. The molecule has 1 aromatic carbocycles. The third kappa shape index (κ3) is 3.75. The van der Waals surface area contributed by atoms with Crippen molar-refractivity contribution in [2.75, 3.05) is 13.7 Å². The van der Waals surface area contributed by atoms with Crippen LogP contribution in [0.5, 0.6) is 0 Å². The van der Waals surface area contributed by atoms with Crippen molar-refractivity contribution >= 4 is 58.5 Å². The second-order valence-corrected chi connectivity index (χ2v) is 6.49. The number of benzene rings is 1. The van der Waals surface area contributed by atoms with Gasteiger partial charge >= 0.3 is 5.97 Å². The van der Waals surface area contributed by atoms with Crippen molar-refractivity contribution in [2.24, 2.45) is 0 Å². The third-order valence-corrected chi connectivity index (χ3v) is 4.66. The summed E-state index contributed by atoms with van der Waals surface area (Å²) in [5.41, 5.74) is 0.950. The number of nitrogens with zero attached hydrogens (tertiary/aromatic N) is 1. The lowest BCUT2D eigenvalue weighted by Crippen LogP contribution is -2.35. The Morgan fingerprint density at radius 1 is 1.31 bits per heavy atom. The minimum Gasteiger partial charge on any atom is -0.468 e. The molecule has 0 saturated carbocycles. The number of rotatable bonds is 4. The lowest BCUT2D eigenvalue weighted by Gasteiger charge is -2.11. The molecule has 1 fully saturated rings. The number of esters is 1. The summed E-state index contributed by atoms with van der Waals surface area (Å²) < 4.78 is 10.3. The fourth-order valence-corrected chi connectivity index (χ4v) is 2.84. The van der Waals surface area contributed by atoms with E-state index in [1.165, 1.54) is 13.2 Å². The summed E-state index contributed by atoms with van der Waals surface area (Å²) in [6.07, 6.45) is 1.51. The number of carbonyl (C=O) groups excluding carboxylic acids is 2. The van der Waals surface area contributed by atoms with Crippen LogP contribution in [0.4, 0.5) is 0 Å². The summed E-state index contributed by atoms with van der Waals surface area (Å²) >= 11 is 17.0. The zero-order chi connectivity index (χ0) is 18.8. The van der Waals surface area contributed by atoms with Gasteiger partial charge in [0.1, 0.15) is 23.8 Å². The van der Waals surface area contributed by atoms with Gasteiger partial charge < -0.3 is 14.5 Å². The Morgan fingerprint density at radius 3 is 2.77 bits per heavy atom. The highest BCUT2D eigenvalue weighted by Crippen LogP contribution is 2.30. The Bertz CT molecular complexity index is 939. The number of ether oxygens (including phenoxy) is 1. The molecule has 0 unspecified atom stereocenters. The molecule has 0 aliphatic carbocycles. The van der Waals surface area contributed by atoms with Crippen LogP contribution in [0.3, 0.4) is 0 Å². The highest BCUT2D eigenvalue weighted by Gasteiger charge is 2.32. The first-order chi connectivity index (χ1) is 12.4. The van der Waals surface area contributed by atoms with E-state index in [9.17, 15) is 9.59 Å². The minimum absolute atomic E-state index is 0.128. The standard InChI is InChI=1S/C17H12Cl2N2O4S/c1-24-15(22)8-21-16(23)13(20-17(21)26)7-10-3-5-14(25-10)9-2-4-11(18)12(19)6-9/h2-7H,8H2,1H3,(H,20,26)/b13-7-. The topological polar surface area (TPSA) is 71.8 Å². The van der Waals surface area contributed by atoms with Gasteiger partial charge in [-0.15, -0.1) is 0 Å². The quantitative estimate of drug-likeness (QED) is 0.472. The molecule has 26 heavy (non-hydrogen) atoms. The first-order valence-corrected chi connectivity index (χ1v) is 8.52. The molecule has 1 amide bonds. The maximum atomic E-state index is 12.4. The molecule has 2 heterocycles. The average Bonchev–Trinajstić information content (AvgIpc) is 3.18. The van der Waals surface area contributed by atoms with E-state index >= 15 is 0 Å². The summed E-state index contributed by atoms with van der Waals surface area (Å²) in [5.74, 6) is -0.00367. The van der Waals surface area contributed by atoms with Crippen LogP contribution < -0.4 is 5.32 Å². The molecule has 6 nitrogen and oxygen atoms in total. The van der Waals surface area contributed by atoms with Gasteiger partial charge in [-0.1, -0.05) is 23.2 Å². The van der Waals surface area contributed by atoms with Gasteiger partial charge in [0.25, 0.3) is 5.91 Å². The van der Waals surface area contributed by atoms with E-state index in [-0.39, 0.29) is 17.4 Å². The number of hydrogen-bond donors (Lipinski definition) is 1. The molecule has 1 N–H and O–H groups in total. The number of nitrogens with one attached hydrogen (secondary N) is 1. The maximum Gasteiger partial charge on any atom is 0.325 e. The maximum absolute atomic E-state index is 12.4. The van der Waals surface area contributed by atoms with Crippen LogP contribution in [0, 0.1) is 0 Å². The fourth-order valence-electron chi connectivity index (χ4n) is 2.29. The van der Waals surface area contributed by atoms with E-state index in [1.54, 1.807) is 30.3 Å². The van der Waals surface area contributed by atoms with Crippen molar-refractivity contribution in [1.29, 1.82) is 0 Å². The summed E-state index contributed by atoms with van der Waals surface area (Å²) in [6.45, 7) is -0.259. The van der Waals surface area contributed by atoms with Gasteiger partial charge in [-0.3, -0.25) is 14.5 Å². The lowest BCUT2D eigenvalue weighted by atomic mass is 10.2. The first-order valence-electron chi connectivity index (χ1n) is 7.35. The smallest absolute Gasteiger partial charge is 0.325 e. The van der Waals surface area contributed by atoms with Crippen LogP contribution in [-0.2, 0) is 14.3 Å². The van der Waals surface area contributed by atoms with Gasteiger partial charge in [-0.25, -0.2) is 0 Å². The van der Waals surface area contributed by atoms with Crippen LogP contribution >= 0.6 is 35.4 Å². The van der Waals surface area contributed by atoms with E-state index in [4.69, 9.17) is 39.8 Å². The summed E-state index contributed by atoms with van der Waals surface area (Å²) in [6, 6.07) is 8.58. The van der Waals surface area contributed by atoms with Gasteiger partial charge in [0.15, 0.2) is 5.11 Å². The van der Waals surface area contributed by atoms with Crippen LogP contribution in [0.15, 0.2) is 40.4 Å². The summed E-state index contributed by atoms with van der Waals surface area (Å²) in [4.78, 5) is 24.9. The molecule has 0 bridgehead atoms. The Labute approximate surface area is 164 Å². The number of hydrogen-bond acceptors (Lipinski definition) is 5. The molecule has 1 saturated heterocycles. The molecule has 0 radical (unpaired) electrons. The largest absolute Gasteiger partial charge is 0.468 e. The Hall–Kier alpha value is -2.35. The highest BCUT2D eigenvalue weighted by atomic mass is 35.5. The van der Waals surface area contributed by atoms with E-state index in [2.05, 4.69) is 10.1 Å². The molecule has 2 aromatic rings. The van der Waals surface area contributed by atoms with Crippen LogP contribution in [0.25, 0.3) is 17.4 Å². The van der Waals surface area contributed by atoms with Gasteiger partial charge in [-0.2, -0.15) is 0 Å². The van der Waals surface area contributed by atoms with Gasteiger partial charge in [0.05, 0.1) is 17.2 Å². The number of thiocarbonyl (C=S) groups is 1. The van der Waals surface area contributed by atoms with Crippen LogP contribution in [0.2, 0.25) is 10.0 Å². The monoisotopic (exact) mass is 410 g/mol. The van der Waals surface area contributed by atoms with E-state index in [0.717, 1.165) is 10.5 Å². The van der Waals surface area contributed by atoms with E-state index < -0.39 is 11.9 Å². The molecular formula is C17H12Cl2N2O4S. The van der Waals surface area contributed by atoms with Crippen molar-refractivity contribution in [3.8, 4) is 11.3 Å². The predicted octanol–water partition coefficient (Wildman–Crippen LogP) is 3.48. The fraction of sp³-hybridized carbons (Fsp3) is 0.118. The molecule has 1 aromatic heterocycles. The van der Waals surface area contributed by atoms with Crippen molar-refractivity contribution in [2.45, 2.75) is 0 Å². The number of halogens is 2. The molecular weight excluding hydrogens is 399 g/mol. The van der Waals surface area contributed by atoms with Crippen molar-refractivity contribution < 1.29 is 18.7 Å². The predicted molar refractivity (Wildman–Crippen MR) is 102 cm³/mol. The Balaban J connectivity index is 1.82. The zero-order valence-electron chi connectivity index (χ0n) is 13.4. The SMILES string of the molecule is COC(=O)CN1C(=O)/C(=C/c2ccc(-c3ccc(Cl)c(Cl)c3)o2)NC1=S. The Kier molecular flexibility index (Phi) is 5.31. The van der Waals surface area contributed by atoms with Crippen molar-refractivity contribution in [3.63, 3.8) is 0 Å². The molecule has 3 rings (SSSR count). The molecule has 1 aliphatic rings. The summed E-state index contributed by atoms with van der Waals surface area (Å²) in [5, 5.41) is 3.75. The van der Waals surface area contributed by atoms with Crippen LogP contribution in [0.1, 0.15) is 5.76 Å². The molecule has 0 spiro atoms. The third-order valence-electron chi connectivity index (χ3n) is 3.59. The lowest BCUT2D eigenvalue weighted by molar-refractivity contribution is -0.143. The zero-order valence-corrected chi connectivity index (χ0v) is 15.7. The highest BCUT2D eigenvalue weighted by molar-refractivity contribution is 7.80. The number of carbonyl (C=O) groups is 2. The first kappa shape index (κ1) is 18.4.